The molecule has 0 radical (unpaired) electrons. The van der Waals surface area contributed by atoms with Crippen molar-refractivity contribution in [1.29, 1.82) is 0 Å². The van der Waals surface area contributed by atoms with Gasteiger partial charge >= 0.3 is 0 Å². The Bertz CT molecular complexity index is 956. The van der Waals surface area contributed by atoms with Crippen molar-refractivity contribution < 1.29 is 4.39 Å². The van der Waals surface area contributed by atoms with Crippen LogP contribution >= 0.6 is 15.9 Å². The lowest BCUT2D eigenvalue weighted by molar-refractivity contribution is 0.492. The summed E-state index contributed by atoms with van der Waals surface area (Å²) in [4.78, 5) is 4.87. The minimum atomic E-state index is -0.334. The Morgan fingerprint density at radius 2 is 2.04 bits per heavy atom. The molecule has 0 amide bonds. The number of fused-ring (bicyclic) bond motifs is 2. The van der Waals surface area contributed by atoms with Gasteiger partial charge in [-0.2, -0.15) is 5.10 Å². The number of nitrogens with zero attached hydrogens (tertiary/aromatic N) is 3. The molecule has 1 aromatic carbocycles. The average molecular weight is 372 g/mol. The average Bonchev–Trinajstić information content (AvgIpc) is 2.88. The quantitative estimate of drug-likeness (QED) is 0.622. The van der Waals surface area contributed by atoms with E-state index in [4.69, 9.17) is 4.99 Å². The van der Waals surface area contributed by atoms with E-state index in [0.29, 0.717) is 6.42 Å². The van der Waals surface area contributed by atoms with Crippen LogP contribution < -0.4 is 0 Å². The van der Waals surface area contributed by atoms with Crippen LogP contribution in [0.4, 0.5) is 4.39 Å². The fraction of sp³-hybridized carbons (Fsp3) is 0.222. The Balaban J connectivity index is 1.95. The Hall–Kier alpha value is -2.01. The summed E-state index contributed by atoms with van der Waals surface area (Å²) in [6.45, 7) is 4.06. The zero-order chi connectivity index (χ0) is 16.2. The molecule has 1 aliphatic heterocycles. The zero-order valence-corrected chi connectivity index (χ0v) is 14.4. The van der Waals surface area contributed by atoms with Crippen molar-refractivity contribution in [2.75, 3.05) is 0 Å². The lowest BCUT2D eigenvalue weighted by Crippen LogP contribution is -2.30. The summed E-state index contributed by atoms with van der Waals surface area (Å²) < 4.78 is 17.0. The van der Waals surface area contributed by atoms with Gasteiger partial charge in [-0.1, -0.05) is 12.1 Å². The second-order valence-electron chi connectivity index (χ2n) is 6.45. The maximum Gasteiger partial charge on any atom is 0.127 e. The summed E-state index contributed by atoms with van der Waals surface area (Å²) in [7, 11) is 0. The first-order valence-electron chi connectivity index (χ1n) is 7.46. The van der Waals surface area contributed by atoms with Gasteiger partial charge in [0.15, 0.2) is 0 Å². The van der Waals surface area contributed by atoms with Gasteiger partial charge in [-0.3, -0.25) is 4.99 Å². The molecule has 0 spiro atoms. The summed E-state index contributed by atoms with van der Waals surface area (Å²) in [5.74, 6) is -0.164. The predicted octanol–water partition coefficient (Wildman–Crippen LogP) is 4.41. The Morgan fingerprint density at radius 1 is 1.22 bits per heavy atom. The number of benzene rings is 1. The van der Waals surface area contributed by atoms with Crippen LogP contribution in [0.5, 0.6) is 0 Å². The first kappa shape index (κ1) is 14.6. The minimum Gasteiger partial charge on any atom is -0.278 e. The molecule has 116 valence electrons. The van der Waals surface area contributed by atoms with Crippen LogP contribution in [0, 0.1) is 5.82 Å². The van der Waals surface area contributed by atoms with Crippen LogP contribution in [-0.2, 0) is 6.42 Å². The van der Waals surface area contributed by atoms with Gasteiger partial charge in [-0.25, -0.2) is 8.91 Å². The predicted molar refractivity (Wildman–Crippen MR) is 92.7 cm³/mol. The molecule has 4 rings (SSSR count). The maximum absolute atomic E-state index is 14.3. The number of hydrogen-bond acceptors (Lipinski definition) is 2. The van der Waals surface area contributed by atoms with Gasteiger partial charge < -0.3 is 0 Å². The van der Waals surface area contributed by atoms with Gasteiger partial charge in [0.05, 0.1) is 23.0 Å². The molecule has 3 nitrogen and oxygen atoms in total. The largest absolute Gasteiger partial charge is 0.278 e. The molecule has 3 aromatic rings. The molecular formula is C18H15BrFN3. The van der Waals surface area contributed by atoms with Crippen LogP contribution in [0.15, 0.2) is 52.2 Å². The van der Waals surface area contributed by atoms with Gasteiger partial charge in [0.1, 0.15) is 10.4 Å². The molecule has 0 saturated carbocycles. The highest BCUT2D eigenvalue weighted by Gasteiger charge is 2.29. The molecule has 0 bridgehead atoms. The standard InChI is InChI=1S/C18H15BrFN3/c1-18(2)9-14-13(4-3-5-15(14)20)17(22-18)11-8-12-6-7-16(19)23(12)21-10-11/h3-8,10H,9H2,1-2H3. The van der Waals surface area contributed by atoms with Crippen LogP contribution in [0.1, 0.15) is 30.5 Å². The number of aromatic nitrogens is 2. The molecule has 3 heterocycles. The maximum atomic E-state index is 14.3. The summed E-state index contributed by atoms with van der Waals surface area (Å²) in [6, 6.07) is 11.2. The van der Waals surface area contributed by atoms with Crippen molar-refractivity contribution in [3.8, 4) is 0 Å². The minimum absolute atomic E-state index is 0.164. The van der Waals surface area contributed by atoms with E-state index in [1.54, 1.807) is 12.3 Å². The van der Waals surface area contributed by atoms with E-state index in [2.05, 4.69) is 21.0 Å². The highest BCUT2D eigenvalue weighted by molar-refractivity contribution is 9.10. The summed E-state index contributed by atoms with van der Waals surface area (Å²) in [6.07, 6.45) is 2.39. The topological polar surface area (TPSA) is 29.7 Å². The SMILES string of the molecule is CC1(C)Cc2c(F)cccc2C(c2cnn3c(Br)ccc3c2)=N1. The van der Waals surface area contributed by atoms with Gasteiger partial charge in [0.2, 0.25) is 0 Å². The first-order chi connectivity index (χ1) is 10.9. The highest BCUT2D eigenvalue weighted by Crippen LogP contribution is 2.31. The molecule has 0 atom stereocenters. The van der Waals surface area contributed by atoms with E-state index in [-0.39, 0.29) is 11.4 Å². The fourth-order valence-electron chi connectivity index (χ4n) is 3.11. The summed E-state index contributed by atoms with van der Waals surface area (Å²) in [5, 5.41) is 4.45. The van der Waals surface area contributed by atoms with Crippen molar-refractivity contribution >= 4 is 27.2 Å². The molecule has 1 aliphatic rings. The van der Waals surface area contributed by atoms with Crippen LogP contribution in [0.3, 0.4) is 0 Å². The van der Waals surface area contributed by atoms with Gasteiger partial charge in [0.25, 0.3) is 0 Å². The monoisotopic (exact) mass is 371 g/mol. The normalized spacial score (nSPS) is 16.3. The third-order valence-corrected chi connectivity index (χ3v) is 4.73. The Kier molecular flexibility index (Phi) is 3.17. The first-order valence-corrected chi connectivity index (χ1v) is 8.25. The van der Waals surface area contributed by atoms with Gasteiger partial charge in [0, 0.05) is 17.5 Å². The van der Waals surface area contributed by atoms with Crippen molar-refractivity contribution in [2.45, 2.75) is 25.8 Å². The van der Waals surface area contributed by atoms with E-state index in [9.17, 15) is 4.39 Å². The second kappa shape index (κ2) is 4.99. The van der Waals surface area contributed by atoms with Crippen molar-refractivity contribution in [3.63, 3.8) is 0 Å². The lowest BCUT2D eigenvalue weighted by atomic mass is 9.85. The lowest BCUT2D eigenvalue weighted by Gasteiger charge is -2.29. The molecule has 0 fully saturated rings. The summed E-state index contributed by atoms with van der Waals surface area (Å²) in [5.41, 5.74) is 3.95. The molecular weight excluding hydrogens is 357 g/mol. The molecule has 23 heavy (non-hydrogen) atoms. The molecule has 0 saturated heterocycles. The van der Waals surface area contributed by atoms with E-state index >= 15 is 0 Å². The molecule has 0 aliphatic carbocycles. The molecule has 0 N–H and O–H groups in total. The zero-order valence-electron chi connectivity index (χ0n) is 12.8. The highest BCUT2D eigenvalue weighted by atomic mass is 79.9. The Labute approximate surface area is 142 Å². The van der Waals surface area contributed by atoms with E-state index in [1.165, 1.54) is 6.07 Å². The number of halogens is 2. The van der Waals surface area contributed by atoms with Crippen molar-refractivity contribution in [3.05, 3.63) is 69.7 Å². The van der Waals surface area contributed by atoms with E-state index in [0.717, 1.165) is 32.5 Å². The van der Waals surface area contributed by atoms with Crippen molar-refractivity contribution in [2.24, 2.45) is 4.99 Å². The number of rotatable bonds is 1. The van der Waals surface area contributed by atoms with Crippen molar-refractivity contribution in [1.82, 2.24) is 9.61 Å². The second-order valence-corrected chi connectivity index (χ2v) is 7.27. The number of hydrogen-bond donors (Lipinski definition) is 0. The summed E-state index contributed by atoms with van der Waals surface area (Å²) >= 11 is 3.46. The van der Waals surface area contributed by atoms with Gasteiger partial charge in [-0.05, 0) is 59.6 Å². The molecule has 5 heteroatoms. The molecule has 2 aromatic heterocycles. The number of aliphatic imine (C=N–C) groups is 1. The van der Waals surface area contributed by atoms with E-state index < -0.39 is 0 Å². The van der Waals surface area contributed by atoms with Crippen LogP contribution in [-0.4, -0.2) is 20.9 Å². The molecule has 0 unspecified atom stereocenters. The van der Waals surface area contributed by atoms with Crippen LogP contribution in [0.25, 0.3) is 5.52 Å². The third kappa shape index (κ3) is 2.39. The fourth-order valence-corrected chi connectivity index (χ4v) is 3.54. The Morgan fingerprint density at radius 3 is 2.87 bits per heavy atom. The third-order valence-electron chi connectivity index (χ3n) is 4.13. The van der Waals surface area contributed by atoms with Crippen LogP contribution in [0.2, 0.25) is 0 Å². The van der Waals surface area contributed by atoms with Gasteiger partial charge in [-0.15, -0.1) is 0 Å². The van der Waals surface area contributed by atoms with E-state index in [1.807, 2.05) is 42.6 Å². The smallest absolute Gasteiger partial charge is 0.127 e.